The number of carbonyl (C=O) groups excluding carboxylic acids is 1. The van der Waals surface area contributed by atoms with Gasteiger partial charge in [0.25, 0.3) is 0 Å². The third-order valence-corrected chi connectivity index (χ3v) is 5.98. The number of halogens is 2. The minimum atomic E-state index is -2.79. The van der Waals surface area contributed by atoms with Crippen molar-refractivity contribution in [2.45, 2.75) is 57.7 Å². The fourth-order valence-corrected chi connectivity index (χ4v) is 4.58. The average molecular weight is 364 g/mol. The van der Waals surface area contributed by atoms with E-state index < -0.39 is 6.61 Å². The lowest BCUT2D eigenvalue weighted by molar-refractivity contribution is -0.140. The number of likely N-dealkylation sites (tertiary alicyclic amines) is 2. The van der Waals surface area contributed by atoms with Gasteiger partial charge >= 0.3 is 6.61 Å². The normalized spacial score (nSPS) is 27.3. The van der Waals surface area contributed by atoms with E-state index in [0.717, 1.165) is 44.6 Å². The van der Waals surface area contributed by atoms with Crippen molar-refractivity contribution in [3.8, 4) is 5.75 Å². The second kappa shape index (κ2) is 7.14. The molecule has 1 aromatic rings. The van der Waals surface area contributed by atoms with Crippen LogP contribution in [0.25, 0.3) is 0 Å². The van der Waals surface area contributed by atoms with E-state index in [1.165, 1.54) is 19.3 Å². The molecule has 1 amide bonds. The van der Waals surface area contributed by atoms with Gasteiger partial charge in [-0.25, -0.2) is 0 Å². The number of ether oxygens (including phenoxy) is 1. The Morgan fingerprint density at radius 1 is 1.15 bits per heavy atom. The number of alkyl halides is 2. The van der Waals surface area contributed by atoms with Crippen LogP contribution in [-0.2, 0) is 11.3 Å². The fourth-order valence-electron chi connectivity index (χ4n) is 4.58. The van der Waals surface area contributed by atoms with Crippen molar-refractivity contribution in [1.82, 2.24) is 9.80 Å². The van der Waals surface area contributed by atoms with Gasteiger partial charge in [0.05, 0.1) is 0 Å². The number of benzene rings is 1. The Kier molecular flexibility index (Phi) is 4.86. The maximum atomic E-state index is 12.3. The second-order valence-electron chi connectivity index (χ2n) is 8.09. The summed E-state index contributed by atoms with van der Waals surface area (Å²) in [4.78, 5) is 16.8. The highest BCUT2D eigenvalue weighted by Gasteiger charge is 2.45. The molecule has 1 aliphatic carbocycles. The number of hydrogen-bond acceptors (Lipinski definition) is 3. The standard InChI is InChI=1S/C20H26F2N2O2/c21-19(22)26-17-6-2-15(3-7-17)12-23-11-1-9-20(13-23)10-8-18(25)24(14-20)16-4-5-16/h2-3,6-7,16,19H,1,4-5,8-14H2. The first-order valence-corrected chi connectivity index (χ1v) is 9.59. The molecule has 0 bridgehead atoms. The topological polar surface area (TPSA) is 32.8 Å². The summed E-state index contributed by atoms with van der Waals surface area (Å²) in [5, 5.41) is 0. The second-order valence-corrected chi connectivity index (χ2v) is 8.09. The van der Waals surface area contributed by atoms with Gasteiger partial charge in [-0.05, 0) is 56.3 Å². The molecule has 3 aliphatic rings. The number of nitrogens with zero attached hydrogens (tertiary/aromatic N) is 2. The van der Waals surface area contributed by atoms with Crippen LogP contribution in [0.1, 0.15) is 44.1 Å². The zero-order valence-electron chi connectivity index (χ0n) is 15.0. The van der Waals surface area contributed by atoms with E-state index in [4.69, 9.17) is 0 Å². The van der Waals surface area contributed by atoms with Crippen molar-refractivity contribution in [3.05, 3.63) is 29.8 Å². The smallest absolute Gasteiger partial charge is 0.387 e. The zero-order valence-corrected chi connectivity index (χ0v) is 15.0. The van der Waals surface area contributed by atoms with Crippen LogP contribution in [-0.4, -0.2) is 48.0 Å². The van der Waals surface area contributed by atoms with E-state index in [-0.39, 0.29) is 11.2 Å². The molecule has 0 radical (unpaired) electrons. The SMILES string of the molecule is O=C1CCC2(CCCN(Cc3ccc(OC(F)F)cc3)C2)CN1C1CC1. The zero-order chi connectivity index (χ0) is 18.1. The van der Waals surface area contributed by atoms with E-state index in [9.17, 15) is 13.6 Å². The van der Waals surface area contributed by atoms with Crippen LogP contribution in [0.2, 0.25) is 0 Å². The van der Waals surface area contributed by atoms with Gasteiger partial charge in [0.2, 0.25) is 5.91 Å². The van der Waals surface area contributed by atoms with E-state index in [0.29, 0.717) is 18.4 Å². The summed E-state index contributed by atoms with van der Waals surface area (Å²) in [6.07, 6.45) is 6.36. The van der Waals surface area contributed by atoms with Gasteiger partial charge in [-0.2, -0.15) is 8.78 Å². The molecule has 4 nitrogen and oxygen atoms in total. The molecule has 1 aromatic carbocycles. The number of carbonyl (C=O) groups is 1. The van der Waals surface area contributed by atoms with Crippen LogP contribution in [0.4, 0.5) is 8.78 Å². The summed E-state index contributed by atoms with van der Waals surface area (Å²) < 4.78 is 28.9. The van der Waals surface area contributed by atoms with Crippen molar-refractivity contribution in [2.75, 3.05) is 19.6 Å². The Morgan fingerprint density at radius 2 is 1.92 bits per heavy atom. The van der Waals surface area contributed by atoms with Gasteiger partial charge in [0.15, 0.2) is 0 Å². The van der Waals surface area contributed by atoms with Gasteiger partial charge < -0.3 is 9.64 Å². The van der Waals surface area contributed by atoms with Crippen molar-refractivity contribution >= 4 is 5.91 Å². The van der Waals surface area contributed by atoms with Crippen LogP contribution in [0.5, 0.6) is 5.75 Å². The van der Waals surface area contributed by atoms with E-state index in [1.807, 2.05) is 12.1 Å². The Balaban J connectivity index is 1.38. The van der Waals surface area contributed by atoms with Crippen molar-refractivity contribution in [1.29, 1.82) is 0 Å². The summed E-state index contributed by atoms with van der Waals surface area (Å²) >= 11 is 0. The predicted molar refractivity (Wildman–Crippen MR) is 94.0 cm³/mol. The molecule has 1 spiro atoms. The molecule has 26 heavy (non-hydrogen) atoms. The minimum absolute atomic E-state index is 0.199. The molecule has 142 valence electrons. The highest BCUT2D eigenvalue weighted by atomic mass is 19.3. The first-order chi connectivity index (χ1) is 12.5. The molecule has 0 aromatic heterocycles. The first kappa shape index (κ1) is 17.7. The van der Waals surface area contributed by atoms with Gasteiger partial charge in [0.1, 0.15) is 5.75 Å². The molecule has 3 fully saturated rings. The van der Waals surface area contributed by atoms with Crippen molar-refractivity contribution in [3.63, 3.8) is 0 Å². The van der Waals surface area contributed by atoms with Gasteiger partial charge in [0, 0.05) is 37.5 Å². The first-order valence-electron chi connectivity index (χ1n) is 9.59. The molecule has 2 aliphatic heterocycles. The molecule has 1 unspecified atom stereocenters. The van der Waals surface area contributed by atoms with Crippen LogP contribution in [0.15, 0.2) is 24.3 Å². The lowest BCUT2D eigenvalue weighted by Gasteiger charge is -2.48. The summed E-state index contributed by atoms with van der Waals surface area (Å²) in [5.41, 5.74) is 1.34. The predicted octanol–water partition coefficient (Wildman–Crippen LogP) is 3.66. The van der Waals surface area contributed by atoms with E-state index in [1.54, 1.807) is 12.1 Å². The van der Waals surface area contributed by atoms with Crippen LogP contribution in [0.3, 0.4) is 0 Å². The minimum Gasteiger partial charge on any atom is -0.435 e. The molecule has 2 heterocycles. The summed E-state index contributed by atoms with van der Waals surface area (Å²) in [6.45, 7) is 1.00. The maximum absolute atomic E-state index is 12.3. The third-order valence-electron chi connectivity index (χ3n) is 5.98. The maximum Gasteiger partial charge on any atom is 0.387 e. The Hall–Kier alpha value is -1.69. The Bertz CT molecular complexity index is 648. The number of hydrogen-bond donors (Lipinski definition) is 0. The molecule has 1 atom stereocenters. The molecule has 6 heteroatoms. The van der Waals surface area contributed by atoms with Crippen molar-refractivity contribution in [2.24, 2.45) is 5.41 Å². The van der Waals surface area contributed by atoms with Gasteiger partial charge in [-0.3, -0.25) is 9.69 Å². The molecule has 4 rings (SSSR count). The number of amides is 1. The van der Waals surface area contributed by atoms with Crippen LogP contribution < -0.4 is 4.74 Å². The Morgan fingerprint density at radius 3 is 2.62 bits per heavy atom. The Labute approximate surface area is 153 Å². The lowest BCUT2D eigenvalue weighted by atomic mass is 9.73. The third kappa shape index (κ3) is 4.00. The number of rotatable bonds is 5. The lowest BCUT2D eigenvalue weighted by Crippen LogP contribution is -2.54. The average Bonchev–Trinajstić information content (AvgIpc) is 3.44. The van der Waals surface area contributed by atoms with Crippen LogP contribution in [0, 0.1) is 5.41 Å². The molecule has 1 saturated carbocycles. The largest absolute Gasteiger partial charge is 0.435 e. The molecule has 2 saturated heterocycles. The molecular formula is C20H26F2N2O2. The van der Waals surface area contributed by atoms with Gasteiger partial charge in [-0.1, -0.05) is 12.1 Å². The number of piperidine rings is 2. The van der Waals surface area contributed by atoms with Crippen LogP contribution >= 0.6 is 0 Å². The van der Waals surface area contributed by atoms with Crippen molar-refractivity contribution < 1.29 is 18.3 Å². The van der Waals surface area contributed by atoms with E-state index in [2.05, 4.69) is 14.5 Å². The highest BCUT2D eigenvalue weighted by Crippen LogP contribution is 2.42. The highest BCUT2D eigenvalue weighted by molar-refractivity contribution is 5.78. The monoisotopic (exact) mass is 364 g/mol. The quantitative estimate of drug-likeness (QED) is 0.799. The molecular weight excluding hydrogens is 338 g/mol. The summed E-state index contributed by atoms with van der Waals surface area (Å²) in [5.74, 6) is 0.537. The molecule has 0 N–H and O–H groups in total. The van der Waals surface area contributed by atoms with E-state index >= 15 is 0 Å². The fraction of sp³-hybridized carbons (Fsp3) is 0.650. The summed E-state index contributed by atoms with van der Waals surface area (Å²) in [7, 11) is 0. The summed E-state index contributed by atoms with van der Waals surface area (Å²) in [6, 6.07) is 7.43. The van der Waals surface area contributed by atoms with Gasteiger partial charge in [-0.15, -0.1) is 0 Å².